The molecular weight excluding hydrogens is 338 g/mol. The van der Waals surface area contributed by atoms with E-state index in [2.05, 4.69) is 19.2 Å². The van der Waals surface area contributed by atoms with Crippen LogP contribution in [-0.4, -0.2) is 64.8 Å². The summed E-state index contributed by atoms with van der Waals surface area (Å²) >= 11 is 6.69. The fourth-order valence-electron chi connectivity index (χ4n) is 2.68. The van der Waals surface area contributed by atoms with Crippen molar-refractivity contribution in [3.05, 3.63) is 0 Å². The molecule has 2 saturated heterocycles. The fourth-order valence-corrected chi connectivity index (χ4v) is 3.88. The summed E-state index contributed by atoms with van der Waals surface area (Å²) in [7, 11) is 1.59. The van der Waals surface area contributed by atoms with Gasteiger partial charge >= 0.3 is 0 Å². The van der Waals surface area contributed by atoms with E-state index in [1.54, 1.807) is 7.11 Å². The van der Waals surface area contributed by atoms with Crippen molar-refractivity contribution in [2.24, 2.45) is 0 Å². The number of thioether (sulfide) groups is 1. The predicted molar refractivity (Wildman–Crippen MR) is 93.4 cm³/mol. The van der Waals surface area contributed by atoms with Crippen LogP contribution >= 0.6 is 24.0 Å². The van der Waals surface area contributed by atoms with Gasteiger partial charge in [0.2, 0.25) is 0 Å². The molecule has 2 N–H and O–H groups in total. The summed E-state index contributed by atoms with van der Waals surface area (Å²) in [5.74, 6) is -0.270. The maximum atomic E-state index is 10.5. The minimum atomic E-state index is -0.720. The van der Waals surface area contributed by atoms with Crippen LogP contribution in [0.3, 0.4) is 0 Å². The molecule has 0 aromatic rings. The number of nitrogens with one attached hydrogen (secondary N) is 1. The standard InChI is InChI=1S/C15H27NO5S2/c1-6-8(2)16-14(22)23-7-9(17)10-11(18-5)12-13(19-10)21-15(3,4)20-12/h8-13,17H,6-7H2,1-5H3,(H,16,22)/t8?,9-,10+,11-,12+,13+/m0/s1. The number of rotatable bonds is 6. The molecule has 6 atom stereocenters. The van der Waals surface area contributed by atoms with Crippen LogP contribution in [0.25, 0.3) is 0 Å². The number of aliphatic hydroxyl groups is 1. The Morgan fingerprint density at radius 2 is 2.13 bits per heavy atom. The van der Waals surface area contributed by atoms with Gasteiger partial charge in [-0.05, 0) is 27.2 Å². The third kappa shape index (κ3) is 4.78. The molecule has 8 heteroatoms. The number of ether oxygens (including phenoxy) is 4. The zero-order valence-electron chi connectivity index (χ0n) is 14.3. The molecule has 0 aromatic carbocycles. The molecule has 2 heterocycles. The quantitative estimate of drug-likeness (QED) is 0.689. The summed E-state index contributed by atoms with van der Waals surface area (Å²) in [4.78, 5) is 0. The Labute approximate surface area is 147 Å². The first kappa shape index (κ1) is 19.4. The van der Waals surface area contributed by atoms with Crippen LogP contribution in [0, 0.1) is 0 Å². The fraction of sp³-hybridized carbons (Fsp3) is 0.933. The second-order valence-electron chi connectivity index (χ2n) is 6.39. The van der Waals surface area contributed by atoms with Gasteiger partial charge in [0.25, 0.3) is 0 Å². The van der Waals surface area contributed by atoms with Crippen LogP contribution in [0.15, 0.2) is 0 Å². The van der Waals surface area contributed by atoms with E-state index in [1.165, 1.54) is 11.8 Å². The lowest BCUT2D eigenvalue weighted by molar-refractivity contribution is -0.226. The van der Waals surface area contributed by atoms with Crippen molar-refractivity contribution in [2.75, 3.05) is 12.9 Å². The number of hydrogen-bond donors (Lipinski definition) is 2. The molecule has 0 saturated carbocycles. The molecule has 0 aromatic heterocycles. The lowest BCUT2D eigenvalue weighted by atomic mass is 10.1. The molecule has 2 fully saturated rings. The van der Waals surface area contributed by atoms with Gasteiger partial charge in [-0.1, -0.05) is 30.9 Å². The maximum Gasteiger partial charge on any atom is 0.190 e. The minimum absolute atomic E-state index is 0.324. The van der Waals surface area contributed by atoms with Crippen LogP contribution in [0.5, 0.6) is 0 Å². The molecule has 0 aliphatic carbocycles. The molecule has 0 amide bonds. The van der Waals surface area contributed by atoms with E-state index in [0.717, 1.165) is 6.42 Å². The Kier molecular flexibility index (Phi) is 6.69. The summed E-state index contributed by atoms with van der Waals surface area (Å²) in [6, 6.07) is 0.324. The van der Waals surface area contributed by atoms with Gasteiger partial charge in [-0.3, -0.25) is 0 Å². The molecule has 2 aliphatic rings. The van der Waals surface area contributed by atoms with E-state index in [1.807, 2.05) is 13.8 Å². The highest BCUT2D eigenvalue weighted by Gasteiger charge is 2.56. The monoisotopic (exact) mass is 365 g/mol. The van der Waals surface area contributed by atoms with Crippen molar-refractivity contribution in [1.82, 2.24) is 5.32 Å². The predicted octanol–water partition coefficient (Wildman–Crippen LogP) is 1.64. The molecule has 0 radical (unpaired) electrons. The molecule has 0 bridgehead atoms. The molecule has 1 unspecified atom stereocenters. The highest BCUT2D eigenvalue weighted by Crippen LogP contribution is 2.39. The van der Waals surface area contributed by atoms with E-state index in [4.69, 9.17) is 31.2 Å². The van der Waals surface area contributed by atoms with Crippen LogP contribution in [0.1, 0.15) is 34.1 Å². The van der Waals surface area contributed by atoms with Gasteiger partial charge in [-0.25, -0.2) is 0 Å². The van der Waals surface area contributed by atoms with E-state index < -0.39 is 24.3 Å². The lowest BCUT2D eigenvalue weighted by Gasteiger charge is -2.27. The van der Waals surface area contributed by atoms with E-state index in [0.29, 0.717) is 16.1 Å². The van der Waals surface area contributed by atoms with Crippen LogP contribution in [-0.2, 0) is 18.9 Å². The second kappa shape index (κ2) is 7.95. The van der Waals surface area contributed by atoms with Crippen molar-refractivity contribution in [2.45, 2.75) is 76.7 Å². The van der Waals surface area contributed by atoms with Crippen molar-refractivity contribution in [3.63, 3.8) is 0 Å². The first-order chi connectivity index (χ1) is 10.8. The van der Waals surface area contributed by atoms with E-state index in [-0.39, 0.29) is 12.2 Å². The van der Waals surface area contributed by atoms with Gasteiger partial charge in [0.05, 0.1) is 6.10 Å². The van der Waals surface area contributed by atoms with Crippen molar-refractivity contribution < 1.29 is 24.1 Å². The Morgan fingerprint density at radius 1 is 1.43 bits per heavy atom. The maximum absolute atomic E-state index is 10.5. The van der Waals surface area contributed by atoms with Gasteiger partial charge < -0.3 is 29.4 Å². The summed E-state index contributed by atoms with van der Waals surface area (Å²) in [5, 5.41) is 13.7. The number of thiocarbonyl (C=S) groups is 1. The van der Waals surface area contributed by atoms with E-state index in [9.17, 15) is 5.11 Å². The van der Waals surface area contributed by atoms with Gasteiger partial charge in [0, 0.05) is 18.9 Å². The average Bonchev–Trinajstić information content (AvgIpc) is 2.95. The van der Waals surface area contributed by atoms with E-state index >= 15 is 0 Å². The molecule has 2 rings (SSSR count). The van der Waals surface area contributed by atoms with Gasteiger partial charge in [-0.2, -0.15) is 0 Å². The third-order valence-corrected chi connectivity index (χ3v) is 5.40. The number of methoxy groups -OCH3 is 1. The van der Waals surface area contributed by atoms with Crippen molar-refractivity contribution in [3.8, 4) is 0 Å². The molecular formula is C15H27NO5S2. The van der Waals surface area contributed by atoms with Crippen LogP contribution in [0.4, 0.5) is 0 Å². The lowest BCUT2D eigenvalue weighted by Crippen LogP contribution is -2.43. The van der Waals surface area contributed by atoms with Crippen LogP contribution < -0.4 is 5.32 Å². The topological polar surface area (TPSA) is 69.2 Å². The van der Waals surface area contributed by atoms with Crippen molar-refractivity contribution in [1.29, 1.82) is 0 Å². The molecule has 6 nitrogen and oxygen atoms in total. The molecule has 134 valence electrons. The first-order valence-electron chi connectivity index (χ1n) is 7.92. The number of aliphatic hydroxyl groups excluding tert-OH is 1. The Balaban J connectivity index is 1.86. The van der Waals surface area contributed by atoms with Gasteiger partial charge in [0.15, 0.2) is 12.1 Å². The minimum Gasteiger partial charge on any atom is -0.389 e. The normalized spacial score (nSPS) is 34.9. The van der Waals surface area contributed by atoms with Crippen molar-refractivity contribution >= 4 is 28.3 Å². The summed E-state index contributed by atoms with van der Waals surface area (Å²) < 4.78 is 23.5. The zero-order chi connectivity index (χ0) is 17.2. The summed E-state index contributed by atoms with van der Waals surface area (Å²) in [6.07, 6.45) is -1.43. The SMILES string of the molecule is CCC(C)NC(=S)SC[C@H](O)[C@H]1O[C@@H]2OC(C)(C)O[C@@H]2[C@H]1OC. The number of fused-ring (bicyclic) bond motifs is 1. The smallest absolute Gasteiger partial charge is 0.190 e. The number of hydrogen-bond acceptors (Lipinski definition) is 7. The third-order valence-electron chi connectivity index (χ3n) is 4.04. The zero-order valence-corrected chi connectivity index (χ0v) is 15.9. The van der Waals surface area contributed by atoms with Gasteiger partial charge in [0.1, 0.15) is 22.6 Å². The van der Waals surface area contributed by atoms with Gasteiger partial charge in [-0.15, -0.1) is 0 Å². The Bertz CT molecular complexity index is 423. The summed E-state index contributed by atoms with van der Waals surface area (Å²) in [6.45, 7) is 7.83. The molecule has 23 heavy (non-hydrogen) atoms. The second-order valence-corrected chi connectivity index (χ2v) is 8.09. The average molecular weight is 366 g/mol. The Morgan fingerprint density at radius 3 is 2.74 bits per heavy atom. The van der Waals surface area contributed by atoms with Crippen LogP contribution in [0.2, 0.25) is 0 Å². The Hall–Kier alpha value is 0.0400. The summed E-state index contributed by atoms with van der Waals surface area (Å²) in [5.41, 5.74) is 0. The highest BCUT2D eigenvalue weighted by molar-refractivity contribution is 8.23. The highest BCUT2D eigenvalue weighted by atomic mass is 32.2. The molecule has 2 aliphatic heterocycles. The molecule has 0 spiro atoms. The largest absolute Gasteiger partial charge is 0.389 e. The first-order valence-corrected chi connectivity index (χ1v) is 9.32.